The first kappa shape index (κ1) is 17.8. The highest BCUT2D eigenvalue weighted by molar-refractivity contribution is 7.89. The van der Waals surface area contributed by atoms with E-state index >= 15 is 0 Å². The van der Waals surface area contributed by atoms with E-state index in [1.807, 2.05) is 37.3 Å². The Morgan fingerprint density at radius 3 is 2.40 bits per heavy atom. The van der Waals surface area contributed by atoms with E-state index in [-0.39, 0.29) is 18.2 Å². The molecule has 4 nitrogen and oxygen atoms in total. The number of sulfonamides is 1. The fraction of sp³-hybridized carbons (Fsp3) is 0.350. The first-order valence-corrected chi connectivity index (χ1v) is 10.0. The Balaban J connectivity index is 1.83. The zero-order valence-corrected chi connectivity index (χ0v) is 15.2. The molecule has 132 valence electrons. The quantitative estimate of drug-likeness (QED) is 0.844. The molecule has 25 heavy (non-hydrogen) atoms. The highest BCUT2D eigenvalue weighted by Gasteiger charge is 2.32. The monoisotopic (exact) mass is 357 g/mol. The van der Waals surface area contributed by atoms with Gasteiger partial charge in [0.1, 0.15) is 5.78 Å². The molecular weight excluding hydrogens is 334 g/mol. The second kappa shape index (κ2) is 7.50. The van der Waals surface area contributed by atoms with Crippen molar-refractivity contribution < 1.29 is 13.2 Å². The predicted octanol–water partition coefficient (Wildman–Crippen LogP) is 3.21. The number of carbonyl (C=O) groups excluding carboxylic acids is 1. The summed E-state index contributed by atoms with van der Waals surface area (Å²) >= 11 is 0. The summed E-state index contributed by atoms with van der Waals surface area (Å²) in [4.78, 5) is 12.7. The molecule has 0 bridgehead atoms. The maximum Gasteiger partial charge on any atom is 0.243 e. The van der Waals surface area contributed by atoms with Crippen molar-refractivity contribution in [2.75, 3.05) is 13.1 Å². The van der Waals surface area contributed by atoms with Crippen molar-refractivity contribution in [3.63, 3.8) is 0 Å². The summed E-state index contributed by atoms with van der Waals surface area (Å²) in [5.74, 6) is -0.129. The van der Waals surface area contributed by atoms with Gasteiger partial charge in [0, 0.05) is 25.4 Å². The first-order chi connectivity index (χ1) is 12.0. The lowest BCUT2D eigenvalue weighted by Gasteiger charge is -2.23. The zero-order chi connectivity index (χ0) is 17.9. The lowest BCUT2D eigenvalue weighted by molar-refractivity contribution is -0.122. The van der Waals surface area contributed by atoms with Gasteiger partial charge in [-0.25, -0.2) is 8.42 Å². The summed E-state index contributed by atoms with van der Waals surface area (Å²) in [6.45, 7) is 2.58. The van der Waals surface area contributed by atoms with Crippen molar-refractivity contribution in [2.45, 2.75) is 31.1 Å². The summed E-state index contributed by atoms with van der Waals surface area (Å²) in [6, 6.07) is 16.7. The minimum Gasteiger partial charge on any atom is -0.299 e. The van der Waals surface area contributed by atoms with E-state index in [2.05, 4.69) is 0 Å². The number of hydrogen-bond acceptors (Lipinski definition) is 3. The van der Waals surface area contributed by atoms with Crippen molar-refractivity contribution in [3.05, 3.63) is 65.7 Å². The van der Waals surface area contributed by atoms with Crippen molar-refractivity contribution in [1.29, 1.82) is 0 Å². The van der Waals surface area contributed by atoms with Crippen LogP contribution in [-0.4, -0.2) is 31.6 Å². The third-order valence-corrected chi connectivity index (χ3v) is 6.57. The maximum absolute atomic E-state index is 13.0. The molecule has 3 rings (SSSR count). The van der Waals surface area contributed by atoms with Crippen LogP contribution in [0, 0.1) is 12.8 Å². The molecule has 0 N–H and O–H groups in total. The number of benzene rings is 2. The van der Waals surface area contributed by atoms with Crippen LogP contribution in [0.15, 0.2) is 59.5 Å². The normalized spacial score (nSPS) is 19.6. The Bertz CT molecular complexity index is 829. The molecule has 1 fully saturated rings. The molecular formula is C20H23NO3S. The van der Waals surface area contributed by atoms with Gasteiger partial charge in [-0.15, -0.1) is 0 Å². The van der Waals surface area contributed by atoms with E-state index < -0.39 is 10.0 Å². The third-order valence-electron chi connectivity index (χ3n) is 4.69. The predicted molar refractivity (Wildman–Crippen MR) is 97.8 cm³/mol. The minimum absolute atomic E-state index is 0.158. The van der Waals surface area contributed by atoms with Gasteiger partial charge in [-0.2, -0.15) is 4.31 Å². The Labute approximate surface area is 149 Å². The first-order valence-electron chi connectivity index (χ1n) is 8.60. The van der Waals surface area contributed by atoms with Crippen LogP contribution in [0.4, 0.5) is 0 Å². The van der Waals surface area contributed by atoms with E-state index in [4.69, 9.17) is 0 Å². The average molecular weight is 357 g/mol. The van der Waals surface area contributed by atoms with E-state index in [0.717, 1.165) is 11.1 Å². The number of aryl methyl sites for hydroxylation is 1. The Kier molecular flexibility index (Phi) is 5.35. The van der Waals surface area contributed by atoms with Crippen molar-refractivity contribution in [2.24, 2.45) is 5.92 Å². The lowest BCUT2D eigenvalue weighted by Crippen LogP contribution is -2.36. The van der Waals surface area contributed by atoms with Gasteiger partial charge in [-0.1, -0.05) is 48.0 Å². The summed E-state index contributed by atoms with van der Waals surface area (Å²) in [5, 5.41) is 0. The molecule has 0 spiro atoms. The fourth-order valence-corrected chi connectivity index (χ4v) is 4.75. The van der Waals surface area contributed by atoms with Crippen LogP contribution >= 0.6 is 0 Å². The molecule has 5 heteroatoms. The minimum atomic E-state index is -3.57. The topological polar surface area (TPSA) is 54.5 Å². The molecule has 1 heterocycles. The van der Waals surface area contributed by atoms with E-state index in [1.54, 1.807) is 24.3 Å². The van der Waals surface area contributed by atoms with Crippen LogP contribution in [0.5, 0.6) is 0 Å². The number of rotatable bonds is 4. The molecule has 0 radical (unpaired) electrons. The molecule has 0 saturated carbocycles. The number of carbonyl (C=O) groups is 1. The highest BCUT2D eigenvalue weighted by atomic mass is 32.2. The summed E-state index contributed by atoms with van der Waals surface area (Å²) in [5.41, 5.74) is 2.09. The largest absolute Gasteiger partial charge is 0.299 e. The lowest BCUT2D eigenvalue weighted by atomic mass is 9.94. The number of ketones is 1. The molecule has 1 saturated heterocycles. The number of hydrogen-bond donors (Lipinski definition) is 0. The average Bonchev–Trinajstić information content (AvgIpc) is 2.79. The Hall–Kier alpha value is -1.98. The maximum atomic E-state index is 13.0. The van der Waals surface area contributed by atoms with Gasteiger partial charge in [0.25, 0.3) is 0 Å². The van der Waals surface area contributed by atoms with E-state index in [1.165, 1.54) is 4.31 Å². The molecule has 1 unspecified atom stereocenters. The molecule has 1 aliphatic heterocycles. The second-order valence-corrected chi connectivity index (χ2v) is 8.57. The van der Waals surface area contributed by atoms with Gasteiger partial charge < -0.3 is 0 Å². The smallest absolute Gasteiger partial charge is 0.243 e. The standard InChI is InChI=1S/C20H23NO3S/c1-16-9-11-19(12-10-16)25(23,24)21-13-5-8-20(22)18(15-21)14-17-6-3-2-4-7-17/h2-4,6-7,9-12,18H,5,8,13-15H2,1H3. The van der Waals surface area contributed by atoms with Crippen LogP contribution in [0.2, 0.25) is 0 Å². The van der Waals surface area contributed by atoms with Crippen molar-refractivity contribution in [3.8, 4) is 0 Å². The van der Waals surface area contributed by atoms with Gasteiger partial charge in [-0.05, 0) is 37.5 Å². The van der Waals surface area contributed by atoms with Crippen LogP contribution in [0.25, 0.3) is 0 Å². The summed E-state index contributed by atoms with van der Waals surface area (Å²) in [6.07, 6.45) is 1.60. The highest BCUT2D eigenvalue weighted by Crippen LogP contribution is 2.24. The van der Waals surface area contributed by atoms with Gasteiger partial charge in [-0.3, -0.25) is 4.79 Å². The van der Waals surface area contributed by atoms with E-state index in [9.17, 15) is 13.2 Å². The van der Waals surface area contributed by atoms with Crippen LogP contribution < -0.4 is 0 Å². The van der Waals surface area contributed by atoms with Crippen LogP contribution in [0.1, 0.15) is 24.0 Å². The Morgan fingerprint density at radius 2 is 1.72 bits per heavy atom. The van der Waals surface area contributed by atoms with Gasteiger partial charge in [0.15, 0.2) is 0 Å². The Morgan fingerprint density at radius 1 is 1.04 bits per heavy atom. The zero-order valence-electron chi connectivity index (χ0n) is 14.4. The molecule has 0 aliphatic carbocycles. The molecule has 0 aromatic heterocycles. The van der Waals surface area contributed by atoms with E-state index in [0.29, 0.717) is 30.7 Å². The van der Waals surface area contributed by atoms with Crippen molar-refractivity contribution in [1.82, 2.24) is 4.31 Å². The van der Waals surface area contributed by atoms with Gasteiger partial charge >= 0.3 is 0 Å². The van der Waals surface area contributed by atoms with Crippen LogP contribution in [-0.2, 0) is 21.2 Å². The molecule has 1 atom stereocenters. The second-order valence-electron chi connectivity index (χ2n) is 6.63. The molecule has 2 aromatic carbocycles. The number of nitrogens with zero attached hydrogens (tertiary/aromatic N) is 1. The molecule has 1 aliphatic rings. The van der Waals surface area contributed by atoms with Crippen molar-refractivity contribution >= 4 is 15.8 Å². The molecule has 2 aromatic rings. The summed E-state index contributed by atoms with van der Waals surface area (Å²) < 4.78 is 27.4. The van der Waals surface area contributed by atoms with Gasteiger partial charge in [0.05, 0.1) is 4.90 Å². The van der Waals surface area contributed by atoms with Crippen LogP contribution in [0.3, 0.4) is 0 Å². The SMILES string of the molecule is Cc1ccc(S(=O)(=O)N2CCCC(=O)C(Cc3ccccc3)C2)cc1. The van der Waals surface area contributed by atoms with Gasteiger partial charge in [0.2, 0.25) is 10.0 Å². The molecule has 0 amide bonds. The number of Topliss-reactive ketones (excluding diaryl/α,β-unsaturated/α-hetero) is 1. The fourth-order valence-electron chi connectivity index (χ4n) is 3.23. The summed E-state index contributed by atoms with van der Waals surface area (Å²) in [7, 11) is -3.57. The third kappa shape index (κ3) is 4.17.